The summed E-state index contributed by atoms with van der Waals surface area (Å²) in [6, 6.07) is 0.317. The number of aliphatic carboxylic acids is 1. The molecule has 0 amide bonds. The van der Waals surface area contributed by atoms with Crippen molar-refractivity contribution in [2.75, 3.05) is 32.7 Å². The van der Waals surface area contributed by atoms with Gasteiger partial charge in [-0.3, -0.25) is 14.6 Å². The lowest BCUT2D eigenvalue weighted by molar-refractivity contribution is -0.138. The summed E-state index contributed by atoms with van der Waals surface area (Å²) in [6.45, 7) is 9.95. The standard InChI is InChI=1S/C13H21N3O2S/c1-9(13-10(2)19-11(3)14-13)16-6-4-15(5-7-16)8-12(17)18/h9H,4-8H2,1-3H3,(H,17,18). The summed E-state index contributed by atoms with van der Waals surface area (Å²) in [6.07, 6.45) is 0. The number of carboxylic acids is 1. The third-order valence-corrected chi connectivity index (χ3v) is 4.55. The maximum Gasteiger partial charge on any atom is 0.317 e. The fourth-order valence-corrected chi connectivity index (χ4v) is 3.51. The maximum atomic E-state index is 10.7. The normalized spacial score (nSPS) is 19.5. The van der Waals surface area contributed by atoms with Crippen molar-refractivity contribution in [1.29, 1.82) is 0 Å². The second-order valence-corrected chi connectivity index (χ2v) is 6.46. The topological polar surface area (TPSA) is 56.7 Å². The highest BCUT2D eigenvalue weighted by atomic mass is 32.1. The Labute approximate surface area is 117 Å². The van der Waals surface area contributed by atoms with Crippen molar-refractivity contribution in [2.24, 2.45) is 0 Å². The Morgan fingerprint density at radius 1 is 1.37 bits per heavy atom. The molecule has 5 nitrogen and oxygen atoms in total. The lowest BCUT2D eigenvalue weighted by Crippen LogP contribution is -2.48. The predicted molar refractivity (Wildman–Crippen MR) is 75.7 cm³/mol. The van der Waals surface area contributed by atoms with Crippen molar-refractivity contribution < 1.29 is 9.90 Å². The molecular weight excluding hydrogens is 262 g/mol. The van der Waals surface area contributed by atoms with Crippen LogP contribution in [0.4, 0.5) is 0 Å². The van der Waals surface area contributed by atoms with E-state index in [9.17, 15) is 4.79 Å². The zero-order chi connectivity index (χ0) is 14.0. The van der Waals surface area contributed by atoms with Gasteiger partial charge in [-0.2, -0.15) is 0 Å². The summed E-state index contributed by atoms with van der Waals surface area (Å²) in [4.78, 5) is 21.0. The van der Waals surface area contributed by atoms with Crippen molar-refractivity contribution in [3.8, 4) is 0 Å². The second-order valence-electron chi connectivity index (χ2n) is 5.06. The van der Waals surface area contributed by atoms with Crippen LogP contribution in [0.15, 0.2) is 0 Å². The van der Waals surface area contributed by atoms with Gasteiger partial charge in [0, 0.05) is 31.1 Å². The number of aromatic nitrogens is 1. The van der Waals surface area contributed by atoms with Gasteiger partial charge in [-0.25, -0.2) is 4.98 Å². The summed E-state index contributed by atoms with van der Waals surface area (Å²) < 4.78 is 0. The number of piperazine rings is 1. The van der Waals surface area contributed by atoms with E-state index in [1.165, 1.54) is 10.6 Å². The van der Waals surface area contributed by atoms with Gasteiger partial charge in [0.1, 0.15) is 0 Å². The Hall–Kier alpha value is -0.980. The van der Waals surface area contributed by atoms with Crippen LogP contribution in [-0.2, 0) is 4.79 Å². The van der Waals surface area contributed by atoms with Crippen LogP contribution in [0.1, 0.15) is 28.5 Å². The average molecular weight is 283 g/mol. The van der Waals surface area contributed by atoms with Gasteiger partial charge in [-0.15, -0.1) is 11.3 Å². The van der Waals surface area contributed by atoms with Crippen molar-refractivity contribution in [1.82, 2.24) is 14.8 Å². The van der Waals surface area contributed by atoms with E-state index in [0.717, 1.165) is 31.2 Å². The molecule has 0 saturated carbocycles. The van der Waals surface area contributed by atoms with Crippen LogP contribution < -0.4 is 0 Å². The first kappa shape index (κ1) is 14.4. The largest absolute Gasteiger partial charge is 0.480 e. The molecule has 0 radical (unpaired) electrons. The summed E-state index contributed by atoms with van der Waals surface area (Å²) in [5, 5.41) is 9.91. The van der Waals surface area contributed by atoms with E-state index in [1.54, 1.807) is 11.3 Å². The van der Waals surface area contributed by atoms with Gasteiger partial charge in [0.05, 0.1) is 23.3 Å². The van der Waals surface area contributed by atoms with Crippen molar-refractivity contribution in [3.05, 3.63) is 15.6 Å². The molecule has 106 valence electrons. The van der Waals surface area contributed by atoms with E-state index < -0.39 is 5.97 Å². The molecule has 0 aromatic carbocycles. The predicted octanol–water partition coefficient (Wildman–Crippen LogP) is 1.52. The molecule has 1 unspecified atom stereocenters. The minimum absolute atomic E-state index is 0.150. The van der Waals surface area contributed by atoms with E-state index in [2.05, 4.69) is 23.7 Å². The molecule has 1 aromatic rings. The summed E-state index contributed by atoms with van der Waals surface area (Å²) in [5.74, 6) is -0.743. The maximum absolute atomic E-state index is 10.7. The van der Waals surface area contributed by atoms with E-state index in [-0.39, 0.29) is 6.54 Å². The van der Waals surface area contributed by atoms with Crippen LogP contribution >= 0.6 is 11.3 Å². The van der Waals surface area contributed by atoms with Crippen molar-refractivity contribution >= 4 is 17.3 Å². The van der Waals surface area contributed by atoms with Gasteiger partial charge in [-0.1, -0.05) is 0 Å². The molecule has 1 N–H and O–H groups in total. The highest BCUT2D eigenvalue weighted by Crippen LogP contribution is 2.27. The van der Waals surface area contributed by atoms with E-state index in [1.807, 2.05) is 11.8 Å². The van der Waals surface area contributed by atoms with Crippen LogP contribution in [0.5, 0.6) is 0 Å². The SMILES string of the molecule is Cc1nc(C(C)N2CCN(CC(=O)O)CC2)c(C)s1. The van der Waals surface area contributed by atoms with Crippen LogP contribution in [0.25, 0.3) is 0 Å². The molecule has 1 aromatic heterocycles. The number of hydrogen-bond donors (Lipinski definition) is 1. The van der Waals surface area contributed by atoms with Crippen molar-refractivity contribution in [2.45, 2.75) is 26.8 Å². The average Bonchev–Trinajstić information content (AvgIpc) is 2.68. The number of aryl methyl sites for hydroxylation is 2. The minimum Gasteiger partial charge on any atom is -0.480 e. The van der Waals surface area contributed by atoms with Crippen LogP contribution in [0.3, 0.4) is 0 Å². The number of hydrogen-bond acceptors (Lipinski definition) is 5. The molecule has 19 heavy (non-hydrogen) atoms. The molecule has 2 heterocycles. The first-order chi connectivity index (χ1) is 8.97. The molecule has 0 aliphatic carbocycles. The fraction of sp³-hybridized carbons (Fsp3) is 0.692. The van der Waals surface area contributed by atoms with Gasteiger partial charge >= 0.3 is 5.97 Å². The van der Waals surface area contributed by atoms with E-state index in [0.29, 0.717) is 6.04 Å². The fourth-order valence-electron chi connectivity index (χ4n) is 2.61. The van der Waals surface area contributed by atoms with Crippen LogP contribution in [0.2, 0.25) is 0 Å². The number of carboxylic acid groups (broad SMARTS) is 1. The van der Waals surface area contributed by atoms with E-state index in [4.69, 9.17) is 5.11 Å². The Morgan fingerprint density at radius 3 is 2.47 bits per heavy atom. The Kier molecular flexibility index (Phi) is 4.54. The van der Waals surface area contributed by atoms with Crippen molar-refractivity contribution in [3.63, 3.8) is 0 Å². The third kappa shape index (κ3) is 3.52. The summed E-state index contributed by atoms with van der Waals surface area (Å²) in [7, 11) is 0. The number of nitrogens with zero attached hydrogens (tertiary/aromatic N) is 3. The molecule has 1 aliphatic heterocycles. The molecule has 6 heteroatoms. The molecule has 1 aliphatic rings. The first-order valence-electron chi connectivity index (χ1n) is 6.59. The lowest BCUT2D eigenvalue weighted by atomic mass is 10.1. The zero-order valence-corrected chi connectivity index (χ0v) is 12.5. The van der Waals surface area contributed by atoms with Crippen LogP contribution in [0, 0.1) is 13.8 Å². The summed E-state index contributed by atoms with van der Waals surface area (Å²) >= 11 is 1.74. The van der Waals surface area contributed by atoms with Gasteiger partial charge in [-0.05, 0) is 20.8 Å². The van der Waals surface area contributed by atoms with Crippen LogP contribution in [-0.4, -0.2) is 58.6 Å². The quantitative estimate of drug-likeness (QED) is 0.908. The lowest BCUT2D eigenvalue weighted by Gasteiger charge is -2.37. The zero-order valence-electron chi connectivity index (χ0n) is 11.7. The summed E-state index contributed by atoms with van der Waals surface area (Å²) in [5.41, 5.74) is 1.18. The molecular formula is C13H21N3O2S. The first-order valence-corrected chi connectivity index (χ1v) is 7.41. The van der Waals surface area contributed by atoms with Gasteiger partial charge in [0.25, 0.3) is 0 Å². The van der Waals surface area contributed by atoms with Gasteiger partial charge in [0.15, 0.2) is 0 Å². The Morgan fingerprint density at radius 2 is 2.00 bits per heavy atom. The minimum atomic E-state index is -0.743. The highest BCUT2D eigenvalue weighted by Gasteiger charge is 2.25. The molecule has 1 atom stereocenters. The smallest absolute Gasteiger partial charge is 0.317 e. The second kappa shape index (κ2) is 5.98. The third-order valence-electron chi connectivity index (χ3n) is 3.65. The van der Waals surface area contributed by atoms with E-state index >= 15 is 0 Å². The van der Waals surface area contributed by atoms with Gasteiger partial charge < -0.3 is 5.11 Å². The monoisotopic (exact) mass is 283 g/mol. The highest BCUT2D eigenvalue weighted by molar-refractivity contribution is 7.11. The molecule has 2 rings (SSSR count). The number of thiazole rings is 1. The Bertz CT molecular complexity index is 453. The molecule has 0 bridgehead atoms. The Balaban J connectivity index is 1.94. The number of carbonyl (C=O) groups is 1. The van der Waals surface area contributed by atoms with Gasteiger partial charge in [0.2, 0.25) is 0 Å². The number of rotatable bonds is 4. The molecule has 1 fully saturated rings. The molecule has 0 spiro atoms. The molecule has 1 saturated heterocycles.